The second kappa shape index (κ2) is 5.55. The van der Waals surface area contributed by atoms with Gasteiger partial charge in [0, 0.05) is 43.0 Å². The summed E-state index contributed by atoms with van der Waals surface area (Å²) >= 11 is 0. The smallest absolute Gasteiger partial charge is 0.318 e. The Morgan fingerprint density at radius 3 is 2.96 bits per heavy atom. The van der Waals surface area contributed by atoms with Gasteiger partial charge in [-0.1, -0.05) is 6.42 Å². The number of nitrogens with one attached hydrogen (secondary N) is 1. The van der Waals surface area contributed by atoms with Crippen LogP contribution in [0.1, 0.15) is 51.3 Å². The molecule has 3 aliphatic rings. The molecular formula is C18H27N3O2. The van der Waals surface area contributed by atoms with Crippen molar-refractivity contribution in [2.24, 2.45) is 5.41 Å². The molecule has 23 heavy (non-hydrogen) atoms. The number of hydrogen-bond acceptors (Lipinski definition) is 2. The minimum atomic E-state index is 0.0937. The lowest BCUT2D eigenvalue weighted by atomic mass is 9.51. The summed E-state index contributed by atoms with van der Waals surface area (Å²) in [5, 5.41) is 3.32. The Morgan fingerprint density at radius 1 is 1.43 bits per heavy atom. The third-order valence-corrected chi connectivity index (χ3v) is 6.34. The van der Waals surface area contributed by atoms with Crippen LogP contribution in [0, 0.1) is 5.41 Å². The molecule has 3 atom stereocenters. The van der Waals surface area contributed by atoms with Crippen molar-refractivity contribution in [3.8, 4) is 0 Å². The second-order valence-corrected chi connectivity index (χ2v) is 7.26. The SMILES string of the molecule is CCOC1CC(NC(=O)N2CCn3cccc3C2C)C12CCC2. The van der Waals surface area contributed by atoms with Gasteiger partial charge in [0.25, 0.3) is 0 Å². The fraction of sp³-hybridized carbons (Fsp3) is 0.722. The zero-order valence-corrected chi connectivity index (χ0v) is 14.1. The number of carbonyl (C=O) groups excluding carboxylic acids is 1. The van der Waals surface area contributed by atoms with Crippen LogP contribution in [-0.4, -0.2) is 40.8 Å². The van der Waals surface area contributed by atoms with Crippen LogP contribution in [0.4, 0.5) is 4.79 Å². The van der Waals surface area contributed by atoms with Gasteiger partial charge in [0.05, 0.1) is 12.1 Å². The van der Waals surface area contributed by atoms with Crippen LogP contribution in [0.3, 0.4) is 0 Å². The number of carbonyl (C=O) groups is 1. The van der Waals surface area contributed by atoms with Crippen molar-refractivity contribution >= 4 is 6.03 Å². The van der Waals surface area contributed by atoms with Gasteiger partial charge >= 0.3 is 6.03 Å². The van der Waals surface area contributed by atoms with Crippen molar-refractivity contribution in [2.75, 3.05) is 13.2 Å². The summed E-state index contributed by atoms with van der Waals surface area (Å²) in [5.74, 6) is 0. The molecule has 2 amide bonds. The van der Waals surface area contributed by atoms with E-state index in [1.54, 1.807) is 0 Å². The van der Waals surface area contributed by atoms with Crippen molar-refractivity contribution in [3.63, 3.8) is 0 Å². The van der Waals surface area contributed by atoms with E-state index in [1.165, 1.54) is 25.0 Å². The van der Waals surface area contributed by atoms with E-state index in [2.05, 4.69) is 42.1 Å². The number of hydrogen-bond donors (Lipinski definition) is 1. The quantitative estimate of drug-likeness (QED) is 0.932. The first-order chi connectivity index (χ1) is 11.2. The van der Waals surface area contributed by atoms with Gasteiger partial charge in [0.1, 0.15) is 0 Å². The van der Waals surface area contributed by atoms with Crippen LogP contribution in [0.15, 0.2) is 18.3 Å². The highest BCUT2D eigenvalue weighted by atomic mass is 16.5. The number of urea groups is 1. The molecule has 5 heteroatoms. The maximum absolute atomic E-state index is 12.8. The molecule has 1 spiro atoms. The third-order valence-electron chi connectivity index (χ3n) is 6.34. The topological polar surface area (TPSA) is 46.5 Å². The predicted octanol–water partition coefficient (Wildman–Crippen LogP) is 2.92. The van der Waals surface area contributed by atoms with Crippen LogP contribution >= 0.6 is 0 Å². The molecule has 3 unspecified atom stereocenters. The lowest BCUT2D eigenvalue weighted by Crippen LogP contribution is -2.68. The van der Waals surface area contributed by atoms with Crippen molar-refractivity contribution in [3.05, 3.63) is 24.0 Å². The van der Waals surface area contributed by atoms with Gasteiger partial charge in [0.2, 0.25) is 0 Å². The lowest BCUT2D eigenvalue weighted by molar-refractivity contribution is -0.170. The van der Waals surface area contributed by atoms with Crippen molar-refractivity contribution in [1.82, 2.24) is 14.8 Å². The highest BCUT2D eigenvalue weighted by Crippen LogP contribution is 2.57. The first-order valence-electron chi connectivity index (χ1n) is 8.99. The average Bonchev–Trinajstić information content (AvgIpc) is 2.94. The fourth-order valence-corrected chi connectivity index (χ4v) is 4.73. The molecule has 2 aliphatic carbocycles. The van der Waals surface area contributed by atoms with Gasteiger partial charge in [-0.2, -0.15) is 0 Å². The average molecular weight is 317 g/mol. The summed E-state index contributed by atoms with van der Waals surface area (Å²) in [6, 6.07) is 4.71. The normalized spacial score (nSPS) is 31.2. The van der Waals surface area contributed by atoms with Gasteiger partial charge in [-0.15, -0.1) is 0 Å². The summed E-state index contributed by atoms with van der Waals surface area (Å²) in [6.45, 7) is 6.62. The van der Waals surface area contributed by atoms with E-state index in [-0.39, 0.29) is 17.5 Å². The number of fused-ring (bicyclic) bond motifs is 1. The molecule has 0 bridgehead atoms. The van der Waals surface area contributed by atoms with Crippen LogP contribution in [0.2, 0.25) is 0 Å². The molecular weight excluding hydrogens is 290 g/mol. The highest BCUT2D eigenvalue weighted by molar-refractivity contribution is 5.75. The van der Waals surface area contributed by atoms with Gasteiger partial charge in [-0.3, -0.25) is 0 Å². The van der Waals surface area contributed by atoms with Crippen LogP contribution in [-0.2, 0) is 11.3 Å². The lowest BCUT2D eigenvalue weighted by Gasteiger charge is -2.61. The molecule has 0 aromatic carbocycles. The Kier molecular flexibility index (Phi) is 3.63. The minimum Gasteiger partial charge on any atom is -0.378 e. The van der Waals surface area contributed by atoms with E-state index in [9.17, 15) is 4.79 Å². The maximum atomic E-state index is 12.8. The summed E-state index contributed by atoms with van der Waals surface area (Å²) < 4.78 is 8.13. The van der Waals surface area contributed by atoms with Gasteiger partial charge in [-0.05, 0) is 45.2 Å². The zero-order chi connectivity index (χ0) is 16.0. The van der Waals surface area contributed by atoms with E-state index in [0.717, 1.165) is 26.1 Å². The Hall–Kier alpha value is -1.49. The largest absolute Gasteiger partial charge is 0.378 e. The fourth-order valence-electron chi connectivity index (χ4n) is 4.73. The van der Waals surface area contributed by atoms with E-state index >= 15 is 0 Å². The second-order valence-electron chi connectivity index (χ2n) is 7.26. The van der Waals surface area contributed by atoms with Crippen molar-refractivity contribution in [1.29, 1.82) is 0 Å². The van der Waals surface area contributed by atoms with Crippen LogP contribution < -0.4 is 5.32 Å². The third kappa shape index (κ3) is 2.20. The minimum absolute atomic E-state index is 0.0937. The Balaban J connectivity index is 1.41. The predicted molar refractivity (Wildman–Crippen MR) is 88.2 cm³/mol. The molecule has 126 valence electrons. The van der Waals surface area contributed by atoms with Crippen molar-refractivity contribution < 1.29 is 9.53 Å². The monoisotopic (exact) mass is 317 g/mol. The van der Waals surface area contributed by atoms with Crippen LogP contribution in [0.5, 0.6) is 0 Å². The number of amides is 2. The van der Waals surface area contributed by atoms with E-state index in [1.807, 2.05) is 4.90 Å². The molecule has 0 saturated heterocycles. The summed E-state index contributed by atoms with van der Waals surface area (Å²) in [5.41, 5.74) is 1.45. The molecule has 1 aliphatic heterocycles. The number of rotatable bonds is 3. The van der Waals surface area contributed by atoms with E-state index in [4.69, 9.17) is 4.74 Å². The number of ether oxygens (including phenoxy) is 1. The molecule has 2 saturated carbocycles. The summed E-state index contributed by atoms with van der Waals surface area (Å²) in [6.07, 6.45) is 7.08. The molecule has 1 aromatic heterocycles. The standard InChI is InChI=1S/C18H27N3O2/c1-3-23-16-12-15(18(16)7-5-8-18)19-17(22)21-11-10-20-9-4-6-14(20)13(21)2/h4,6,9,13,15-16H,3,5,7-8,10-12H2,1-2H3,(H,19,22). The zero-order valence-electron chi connectivity index (χ0n) is 14.1. The molecule has 1 aromatic rings. The molecule has 5 nitrogen and oxygen atoms in total. The first kappa shape index (κ1) is 15.1. The molecule has 1 N–H and O–H groups in total. The summed E-state index contributed by atoms with van der Waals surface area (Å²) in [4.78, 5) is 14.8. The van der Waals surface area contributed by atoms with E-state index in [0.29, 0.717) is 12.1 Å². The Bertz CT molecular complexity index is 593. The maximum Gasteiger partial charge on any atom is 0.318 e. The van der Waals surface area contributed by atoms with Crippen LogP contribution in [0.25, 0.3) is 0 Å². The number of aromatic nitrogens is 1. The molecule has 0 radical (unpaired) electrons. The van der Waals surface area contributed by atoms with Gasteiger partial charge < -0.3 is 19.5 Å². The van der Waals surface area contributed by atoms with Gasteiger partial charge in [0.15, 0.2) is 0 Å². The van der Waals surface area contributed by atoms with E-state index < -0.39 is 0 Å². The summed E-state index contributed by atoms with van der Waals surface area (Å²) in [7, 11) is 0. The molecule has 4 rings (SSSR count). The number of nitrogens with zero attached hydrogens (tertiary/aromatic N) is 2. The Morgan fingerprint density at radius 2 is 2.26 bits per heavy atom. The van der Waals surface area contributed by atoms with Crippen molar-refractivity contribution in [2.45, 2.75) is 64.3 Å². The molecule has 2 fully saturated rings. The van der Waals surface area contributed by atoms with Gasteiger partial charge in [-0.25, -0.2) is 4.79 Å². The highest BCUT2D eigenvalue weighted by Gasteiger charge is 2.59. The Labute approximate surface area is 138 Å². The molecule has 2 heterocycles. The first-order valence-corrected chi connectivity index (χ1v) is 8.99.